The van der Waals surface area contributed by atoms with Crippen LogP contribution in [0.25, 0.3) is 0 Å². The molecule has 0 saturated carbocycles. The van der Waals surface area contributed by atoms with Crippen LogP contribution in [0.3, 0.4) is 0 Å². The first kappa shape index (κ1) is 11.1. The second kappa shape index (κ2) is 6.82. The van der Waals surface area contributed by atoms with Gasteiger partial charge in [0.2, 0.25) is 8.77 Å². The minimum atomic E-state index is 0.422. The molecule has 0 amide bonds. The first-order chi connectivity index (χ1) is 5.20. The van der Waals surface area contributed by atoms with Gasteiger partial charge in [-0.05, 0) is 38.3 Å². The van der Waals surface area contributed by atoms with E-state index < -0.39 is 0 Å². The SMILES string of the molecule is CCOC(=S)SC(=S)OCC. The normalized spacial score (nSPS) is 8.91. The monoisotopic (exact) mass is 210 g/mol. The van der Waals surface area contributed by atoms with Crippen molar-refractivity contribution in [2.24, 2.45) is 0 Å². The lowest BCUT2D eigenvalue weighted by atomic mass is 10.9. The molecule has 0 heterocycles. The number of rotatable bonds is 2. The Morgan fingerprint density at radius 3 is 1.73 bits per heavy atom. The van der Waals surface area contributed by atoms with Crippen LogP contribution in [-0.4, -0.2) is 22.0 Å². The van der Waals surface area contributed by atoms with Gasteiger partial charge in [-0.25, -0.2) is 0 Å². The van der Waals surface area contributed by atoms with E-state index in [-0.39, 0.29) is 0 Å². The lowest BCUT2D eigenvalue weighted by Gasteiger charge is -2.04. The summed E-state index contributed by atoms with van der Waals surface area (Å²) in [4.78, 5) is 0. The number of thiocarbonyl (C=S) groups is 2. The maximum atomic E-state index is 4.99. The molecule has 0 radical (unpaired) electrons. The average molecular weight is 210 g/mol. The zero-order chi connectivity index (χ0) is 8.69. The van der Waals surface area contributed by atoms with Crippen molar-refractivity contribution in [2.45, 2.75) is 13.8 Å². The van der Waals surface area contributed by atoms with Crippen LogP contribution in [0.2, 0.25) is 0 Å². The fourth-order valence-corrected chi connectivity index (χ4v) is 1.70. The quantitative estimate of drug-likeness (QED) is 0.649. The largest absolute Gasteiger partial charge is 0.479 e. The van der Waals surface area contributed by atoms with Crippen LogP contribution in [0.4, 0.5) is 0 Å². The summed E-state index contributed by atoms with van der Waals surface area (Å²) in [5.74, 6) is 0. The molecular weight excluding hydrogens is 200 g/mol. The molecular formula is C6H10O2S3. The molecule has 0 N–H and O–H groups in total. The fraction of sp³-hybridized carbons (Fsp3) is 0.667. The minimum Gasteiger partial charge on any atom is -0.479 e. The van der Waals surface area contributed by atoms with E-state index in [1.54, 1.807) is 0 Å². The number of hydrogen-bond donors (Lipinski definition) is 0. The lowest BCUT2D eigenvalue weighted by molar-refractivity contribution is 0.341. The molecule has 0 spiro atoms. The Morgan fingerprint density at radius 1 is 1.09 bits per heavy atom. The lowest BCUT2D eigenvalue weighted by Crippen LogP contribution is -2.03. The Kier molecular flexibility index (Phi) is 6.90. The van der Waals surface area contributed by atoms with E-state index in [4.69, 9.17) is 33.9 Å². The predicted molar refractivity (Wildman–Crippen MR) is 56.0 cm³/mol. The molecule has 0 bridgehead atoms. The van der Waals surface area contributed by atoms with Gasteiger partial charge in [-0.1, -0.05) is 0 Å². The van der Waals surface area contributed by atoms with E-state index in [1.807, 2.05) is 13.8 Å². The smallest absolute Gasteiger partial charge is 0.228 e. The highest BCUT2D eigenvalue weighted by molar-refractivity contribution is 8.37. The summed E-state index contributed by atoms with van der Waals surface area (Å²) < 4.78 is 10.8. The second-order valence-corrected chi connectivity index (χ2v) is 3.67. The maximum Gasteiger partial charge on any atom is 0.228 e. The summed E-state index contributed by atoms with van der Waals surface area (Å²) in [6, 6.07) is 0. The molecule has 0 aliphatic carbocycles. The third-order valence-corrected chi connectivity index (χ3v) is 2.00. The summed E-state index contributed by atoms with van der Waals surface area (Å²) in [5.41, 5.74) is 0. The molecule has 0 rings (SSSR count). The fourth-order valence-electron chi connectivity index (χ4n) is 0.363. The van der Waals surface area contributed by atoms with Gasteiger partial charge >= 0.3 is 0 Å². The highest BCUT2D eigenvalue weighted by Crippen LogP contribution is 2.09. The first-order valence-electron chi connectivity index (χ1n) is 3.22. The van der Waals surface area contributed by atoms with Crippen LogP contribution in [0, 0.1) is 0 Å². The van der Waals surface area contributed by atoms with Gasteiger partial charge in [-0.15, -0.1) is 0 Å². The highest BCUT2D eigenvalue weighted by atomic mass is 32.2. The number of thioether (sulfide) groups is 1. The van der Waals surface area contributed by atoms with E-state index in [0.717, 1.165) is 0 Å². The van der Waals surface area contributed by atoms with Crippen LogP contribution in [0.1, 0.15) is 13.8 Å². The van der Waals surface area contributed by atoms with Crippen molar-refractivity contribution < 1.29 is 9.47 Å². The van der Waals surface area contributed by atoms with E-state index >= 15 is 0 Å². The molecule has 0 aromatic carbocycles. The van der Waals surface area contributed by atoms with Crippen LogP contribution in [0.15, 0.2) is 0 Å². The Bertz CT molecular complexity index is 131. The van der Waals surface area contributed by atoms with Crippen molar-refractivity contribution in [1.82, 2.24) is 0 Å². The van der Waals surface area contributed by atoms with Crippen LogP contribution in [-0.2, 0) is 9.47 Å². The zero-order valence-electron chi connectivity index (χ0n) is 6.46. The zero-order valence-corrected chi connectivity index (χ0v) is 8.90. The first-order valence-corrected chi connectivity index (χ1v) is 4.85. The molecule has 0 aromatic rings. The van der Waals surface area contributed by atoms with Crippen molar-refractivity contribution in [1.29, 1.82) is 0 Å². The molecule has 0 atom stereocenters. The number of ether oxygens (including phenoxy) is 2. The Morgan fingerprint density at radius 2 is 1.45 bits per heavy atom. The second-order valence-electron chi connectivity index (χ2n) is 1.47. The van der Waals surface area contributed by atoms with Crippen molar-refractivity contribution in [3.63, 3.8) is 0 Å². The molecule has 2 nitrogen and oxygen atoms in total. The van der Waals surface area contributed by atoms with E-state index in [0.29, 0.717) is 22.0 Å². The van der Waals surface area contributed by atoms with Gasteiger partial charge in [0.15, 0.2) is 0 Å². The summed E-state index contributed by atoms with van der Waals surface area (Å²) >= 11 is 10.8. The third-order valence-electron chi connectivity index (χ3n) is 0.691. The van der Waals surface area contributed by atoms with Crippen molar-refractivity contribution in [3.8, 4) is 0 Å². The van der Waals surface area contributed by atoms with Gasteiger partial charge in [0, 0.05) is 11.8 Å². The Labute approximate surface area is 81.6 Å². The molecule has 0 fully saturated rings. The Hall–Kier alpha value is 0.130. The summed E-state index contributed by atoms with van der Waals surface area (Å²) in [5, 5.41) is 0. The molecule has 0 aliphatic heterocycles. The molecule has 0 aromatic heterocycles. The van der Waals surface area contributed by atoms with Crippen LogP contribution >= 0.6 is 36.2 Å². The topological polar surface area (TPSA) is 18.5 Å². The highest BCUT2D eigenvalue weighted by Gasteiger charge is 2.03. The predicted octanol–water partition coefficient (Wildman–Crippen LogP) is 2.36. The Balaban J connectivity index is 3.49. The average Bonchev–Trinajstić information content (AvgIpc) is 1.87. The van der Waals surface area contributed by atoms with Gasteiger partial charge in [0.05, 0.1) is 13.2 Å². The van der Waals surface area contributed by atoms with Gasteiger partial charge in [0.1, 0.15) is 0 Å². The minimum absolute atomic E-state index is 0.422. The maximum absolute atomic E-state index is 4.99. The molecule has 11 heavy (non-hydrogen) atoms. The van der Waals surface area contributed by atoms with E-state index in [1.165, 1.54) is 11.8 Å². The van der Waals surface area contributed by atoms with Gasteiger partial charge in [-0.2, -0.15) is 0 Å². The van der Waals surface area contributed by atoms with E-state index in [9.17, 15) is 0 Å². The molecule has 0 aliphatic rings. The summed E-state index contributed by atoms with van der Waals surface area (Å²) in [6.45, 7) is 4.88. The third kappa shape index (κ3) is 6.52. The van der Waals surface area contributed by atoms with Gasteiger partial charge < -0.3 is 9.47 Å². The van der Waals surface area contributed by atoms with Gasteiger partial charge in [0.25, 0.3) is 0 Å². The standard InChI is InChI=1S/C6H10O2S3/c1-3-7-5(9)11-6(10)8-4-2/h3-4H2,1-2H3. The van der Waals surface area contributed by atoms with Crippen molar-refractivity contribution in [3.05, 3.63) is 0 Å². The summed E-state index contributed by atoms with van der Waals surface area (Å²) in [7, 11) is 0. The van der Waals surface area contributed by atoms with Crippen molar-refractivity contribution >= 4 is 45.0 Å². The van der Waals surface area contributed by atoms with Crippen LogP contribution in [0.5, 0.6) is 0 Å². The molecule has 0 saturated heterocycles. The van der Waals surface area contributed by atoms with E-state index in [2.05, 4.69) is 0 Å². The molecule has 5 heteroatoms. The van der Waals surface area contributed by atoms with Crippen LogP contribution < -0.4 is 0 Å². The summed E-state index contributed by atoms with van der Waals surface area (Å²) in [6.07, 6.45) is 0. The van der Waals surface area contributed by atoms with Gasteiger partial charge in [-0.3, -0.25) is 0 Å². The van der Waals surface area contributed by atoms with Crippen molar-refractivity contribution in [2.75, 3.05) is 13.2 Å². The number of hydrogen-bond acceptors (Lipinski definition) is 5. The molecule has 0 unspecified atom stereocenters. The molecule has 64 valence electrons.